The topological polar surface area (TPSA) is 78.9 Å². The maximum atomic E-state index is 12.8. The minimum atomic E-state index is -0.765. The average Bonchev–Trinajstić information content (AvgIpc) is 3.33. The number of hydrogen-bond donors (Lipinski definition) is 0. The van der Waals surface area contributed by atoms with Crippen molar-refractivity contribution in [3.05, 3.63) is 24.3 Å². The molecule has 0 fully saturated rings. The lowest BCUT2D eigenvalue weighted by molar-refractivity contribution is -0.167. The highest BCUT2D eigenvalue weighted by molar-refractivity contribution is 5.71. The zero-order valence-corrected chi connectivity index (χ0v) is 45.2. The molecule has 67 heavy (non-hydrogen) atoms. The number of hydrogen-bond acceptors (Lipinski definition) is 6. The molecule has 0 heterocycles. The molecule has 1 unspecified atom stereocenters. The first-order valence-corrected chi connectivity index (χ1v) is 29.8. The maximum absolute atomic E-state index is 12.8. The third kappa shape index (κ3) is 54.7. The summed E-state index contributed by atoms with van der Waals surface area (Å²) in [5.41, 5.74) is 0. The summed E-state index contributed by atoms with van der Waals surface area (Å²) in [6.45, 7) is 6.67. The van der Waals surface area contributed by atoms with Crippen molar-refractivity contribution in [1.82, 2.24) is 0 Å². The van der Waals surface area contributed by atoms with E-state index in [-0.39, 0.29) is 31.1 Å². The predicted molar refractivity (Wildman–Crippen MR) is 289 cm³/mol. The fourth-order valence-electron chi connectivity index (χ4n) is 8.95. The Morgan fingerprint density at radius 3 is 0.821 bits per heavy atom. The van der Waals surface area contributed by atoms with Crippen LogP contribution in [-0.4, -0.2) is 37.2 Å². The Labute approximate surface area is 417 Å². The van der Waals surface area contributed by atoms with Crippen LogP contribution >= 0.6 is 0 Å². The van der Waals surface area contributed by atoms with Gasteiger partial charge < -0.3 is 14.2 Å². The SMILES string of the molecule is CCCCCCC/C=C\C/C=C\CCCCCCCCCCCCCCCC(=O)OCC(COC(=O)CCCCCCCCCCCCC)OC(=O)CCCCCCCCCCCCCCC. The van der Waals surface area contributed by atoms with Crippen LogP contribution in [0.3, 0.4) is 0 Å². The van der Waals surface area contributed by atoms with Gasteiger partial charge in [0, 0.05) is 19.3 Å². The van der Waals surface area contributed by atoms with Gasteiger partial charge in [0.2, 0.25) is 0 Å². The molecule has 0 amide bonds. The summed E-state index contributed by atoms with van der Waals surface area (Å²) in [5, 5.41) is 0. The molecule has 0 bridgehead atoms. The summed E-state index contributed by atoms with van der Waals surface area (Å²) < 4.78 is 16.9. The van der Waals surface area contributed by atoms with Crippen LogP contribution in [0.5, 0.6) is 0 Å². The molecule has 0 aromatic heterocycles. The fourth-order valence-corrected chi connectivity index (χ4v) is 8.95. The highest BCUT2D eigenvalue weighted by atomic mass is 16.6. The molecule has 0 spiro atoms. The van der Waals surface area contributed by atoms with Crippen molar-refractivity contribution >= 4 is 17.9 Å². The van der Waals surface area contributed by atoms with E-state index in [1.807, 2.05) is 0 Å². The van der Waals surface area contributed by atoms with Crippen molar-refractivity contribution in [3.8, 4) is 0 Å². The summed E-state index contributed by atoms with van der Waals surface area (Å²) in [6.07, 6.45) is 66.1. The molecular weight excluding hydrogens is 829 g/mol. The highest BCUT2D eigenvalue weighted by Gasteiger charge is 2.19. The van der Waals surface area contributed by atoms with E-state index in [4.69, 9.17) is 14.2 Å². The second-order valence-electron chi connectivity index (χ2n) is 20.3. The monoisotopic (exact) mass is 943 g/mol. The van der Waals surface area contributed by atoms with Crippen molar-refractivity contribution in [2.75, 3.05) is 13.2 Å². The van der Waals surface area contributed by atoms with Crippen molar-refractivity contribution in [1.29, 1.82) is 0 Å². The standard InChI is InChI=1S/C61H114O6/c1-4-7-10-13-16-19-22-24-25-26-27-28-29-30-31-32-33-34-35-37-39-42-45-48-51-54-60(63)66-57-58(56-65-59(62)53-50-47-44-41-38-21-18-15-12-9-6-3)67-61(64)55-52-49-46-43-40-36-23-20-17-14-11-8-5-2/h22,24,26-27,58H,4-21,23,25,28-57H2,1-3H3/b24-22-,27-26-. The molecule has 0 aromatic rings. The van der Waals surface area contributed by atoms with Gasteiger partial charge in [0.05, 0.1) is 0 Å². The van der Waals surface area contributed by atoms with Gasteiger partial charge in [0.25, 0.3) is 0 Å². The van der Waals surface area contributed by atoms with E-state index in [1.54, 1.807) is 0 Å². The minimum absolute atomic E-state index is 0.0653. The number of carbonyl (C=O) groups excluding carboxylic acids is 3. The van der Waals surface area contributed by atoms with Gasteiger partial charge in [-0.15, -0.1) is 0 Å². The summed E-state index contributed by atoms with van der Waals surface area (Å²) in [5.74, 6) is -0.846. The van der Waals surface area contributed by atoms with Gasteiger partial charge >= 0.3 is 17.9 Å². The number of rotatable bonds is 55. The maximum Gasteiger partial charge on any atom is 0.306 e. The molecule has 0 N–H and O–H groups in total. The molecule has 0 radical (unpaired) electrons. The Hall–Kier alpha value is -2.11. The molecule has 0 rings (SSSR count). The largest absolute Gasteiger partial charge is 0.462 e. The molecule has 0 saturated carbocycles. The quantitative estimate of drug-likeness (QED) is 0.0262. The predicted octanol–water partition coefficient (Wildman–Crippen LogP) is 19.9. The molecule has 0 aliphatic carbocycles. The Balaban J connectivity index is 4.17. The normalized spacial score (nSPS) is 12.1. The minimum Gasteiger partial charge on any atom is -0.462 e. The van der Waals surface area contributed by atoms with E-state index in [1.165, 1.54) is 225 Å². The lowest BCUT2D eigenvalue weighted by atomic mass is 10.0. The number of allylic oxidation sites excluding steroid dienone is 4. The van der Waals surface area contributed by atoms with Crippen LogP contribution in [0.1, 0.15) is 329 Å². The Morgan fingerprint density at radius 2 is 0.537 bits per heavy atom. The second kappa shape index (κ2) is 56.5. The molecule has 0 saturated heterocycles. The van der Waals surface area contributed by atoms with Gasteiger partial charge in [-0.25, -0.2) is 0 Å². The summed E-state index contributed by atoms with van der Waals surface area (Å²) in [7, 11) is 0. The van der Waals surface area contributed by atoms with E-state index in [0.717, 1.165) is 64.2 Å². The van der Waals surface area contributed by atoms with Crippen LogP contribution in [0.25, 0.3) is 0 Å². The number of unbranched alkanes of at least 4 members (excludes halogenated alkanes) is 40. The van der Waals surface area contributed by atoms with Gasteiger partial charge in [-0.1, -0.05) is 283 Å². The molecule has 394 valence electrons. The Kier molecular flexibility index (Phi) is 54.7. The van der Waals surface area contributed by atoms with Gasteiger partial charge in [-0.2, -0.15) is 0 Å². The second-order valence-corrected chi connectivity index (χ2v) is 20.3. The van der Waals surface area contributed by atoms with Gasteiger partial charge in [0.15, 0.2) is 6.10 Å². The molecule has 0 aliphatic heterocycles. The van der Waals surface area contributed by atoms with E-state index in [9.17, 15) is 14.4 Å². The van der Waals surface area contributed by atoms with Crippen LogP contribution in [0, 0.1) is 0 Å². The molecular formula is C61H114O6. The van der Waals surface area contributed by atoms with Crippen molar-refractivity contribution in [3.63, 3.8) is 0 Å². The molecule has 0 aliphatic rings. The van der Waals surface area contributed by atoms with Crippen LogP contribution in [0.15, 0.2) is 24.3 Å². The third-order valence-electron chi connectivity index (χ3n) is 13.5. The van der Waals surface area contributed by atoms with E-state index in [0.29, 0.717) is 19.3 Å². The smallest absolute Gasteiger partial charge is 0.306 e. The zero-order valence-electron chi connectivity index (χ0n) is 45.2. The third-order valence-corrected chi connectivity index (χ3v) is 13.5. The van der Waals surface area contributed by atoms with Crippen LogP contribution in [-0.2, 0) is 28.6 Å². The first kappa shape index (κ1) is 64.9. The van der Waals surface area contributed by atoms with Crippen LogP contribution < -0.4 is 0 Å². The molecule has 1 atom stereocenters. The van der Waals surface area contributed by atoms with E-state index in [2.05, 4.69) is 45.1 Å². The summed E-state index contributed by atoms with van der Waals surface area (Å²) in [6, 6.07) is 0. The molecule has 6 heteroatoms. The highest BCUT2D eigenvalue weighted by Crippen LogP contribution is 2.17. The summed E-state index contributed by atoms with van der Waals surface area (Å²) >= 11 is 0. The van der Waals surface area contributed by atoms with Crippen molar-refractivity contribution < 1.29 is 28.6 Å². The number of carbonyl (C=O) groups is 3. The molecule has 6 nitrogen and oxygen atoms in total. The number of esters is 3. The molecule has 0 aromatic carbocycles. The zero-order chi connectivity index (χ0) is 48.6. The van der Waals surface area contributed by atoms with Crippen molar-refractivity contribution in [2.45, 2.75) is 335 Å². The Morgan fingerprint density at radius 1 is 0.299 bits per heavy atom. The van der Waals surface area contributed by atoms with Crippen molar-refractivity contribution in [2.24, 2.45) is 0 Å². The first-order valence-electron chi connectivity index (χ1n) is 29.8. The van der Waals surface area contributed by atoms with Gasteiger partial charge in [-0.05, 0) is 51.4 Å². The van der Waals surface area contributed by atoms with E-state index >= 15 is 0 Å². The lowest BCUT2D eigenvalue weighted by Crippen LogP contribution is -2.30. The number of ether oxygens (including phenoxy) is 3. The first-order chi connectivity index (χ1) is 33.0. The van der Waals surface area contributed by atoms with Gasteiger partial charge in [0.1, 0.15) is 13.2 Å². The van der Waals surface area contributed by atoms with Crippen LogP contribution in [0.4, 0.5) is 0 Å². The van der Waals surface area contributed by atoms with E-state index < -0.39 is 6.10 Å². The fraction of sp³-hybridized carbons (Fsp3) is 0.885. The van der Waals surface area contributed by atoms with Gasteiger partial charge in [-0.3, -0.25) is 14.4 Å². The lowest BCUT2D eigenvalue weighted by Gasteiger charge is -2.18. The average molecular weight is 944 g/mol. The van der Waals surface area contributed by atoms with Crippen LogP contribution in [0.2, 0.25) is 0 Å². The summed E-state index contributed by atoms with van der Waals surface area (Å²) in [4.78, 5) is 38.1. The Bertz CT molecular complexity index is 1080.